The largest absolute Gasteiger partial charge is 0.487 e. The number of likely N-dealkylation sites (tertiary alicyclic amines) is 1. The van der Waals surface area contributed by atoms with Crippen LogP contribution in [0.25, 0.3) is 0 Å². The molecule has 0 unspecified atom stereocenters. The predicted molar refractivity (Wildman–Crippen MR) is 78.7 cm³/mol. The van der Waals surface area contributed by atoms with Crippen molar-refractivity contribution in [3.05, 3.63) is 48.5 Å². The second kappa shape index (κ2) is 6.72. The standard InChI is InChI=1S/C16H20FN3O/c17-15-4-1-2-5-16(15)21-14-6-10-19(11-7-14)12-13-20-9-3-8-18-20/h1-5,8-9,14H,6-7,10-13H2. The molecule has 0 radical (unpaired) electrons. The van der Waals surface area contributed by atoms with Crippen molar-refractivity contribution >= 4 is 0 Å². The molecule has 4 nitrogen and oxygen atoms in total. The van der Waals surface area contributed by atoms with E-state index in [9.17, 15) is 4.39 Å². The minimum Gasteiger partial charge on any atom is -0.487 e. The van der Waals surface area contributed by atoms with Crippen LogP contribution in [0.1, 0.15) is 12.8 Å². The topological polar surface area (TPSA) is 30.3 Å². The zero-order chi connectivity index (χ0) is 14.5. The quantitative estimate of drug-likeness (QED) is 0.847. The van der Waals surface area contributed by atoms with Gasteiger partial charge in [0.25, 0.3) is 0 Å². The summed E-state index contributed by atoms with van der Waals surface area (Å²) in [4.78, 5) is 2.41. The Balaban J connectivity index is 1.44. The Hall–Kier alpha value is -1.88. The number of piperidine rings is 1. The highest BCUT2D eigenvalue weighted by molar-refractivity contribution is 5.23. The molecule has 0 atom stereocenters. The minimum absolute atomic E-state index is 0.114. The molecule has 21 heavy (non-hydrogen) atoms. The van der Waals surface area contributed by atoms with E-state index in [0.29, 0.717) is 5.75 Å². The molecule has 2 heterocycles. The summed E-state index contributed by atoms with van der Waals surface area (Å²) in [6, 6.07) is 8.56. The van der Waals surface area contributed by atoms with Crippen molar-refractivity contribution in [1.29, 1.82) is 0 Å². The van der Waals surface area contributed by atoms with Gasteiger partial charge in [0.2, 0.25) is 0 Å². The fraction of sp³-hybridized carbons (Fsp3) is 0.438. The summed E-state index contributed by atoms with van der Waals surface area (Å²) in [5.41, 5.74) is 0. The summed E-state index contributed by atoms with van der Waals surface area (Å²) in [5.74, 6) is 0.0890. The lowest BCUT2D eigenvalue weighted by Gasteiger charge is -2.32. The van der Waals surface area contributed by atoms with E-state index >= 15 is 0 Å². The lowest BCUT2D eigenvalue weighted by atomic mass is 10.1. The van der Waals surface area contributed by atoms with Crippen molar-refractivity contribution in [3.63, 3.8) is 0 Å². The van der Waals surface area contributed by atoms with Crippen LogP contribution >= 0.6 is 0 Å². The number of hydrogen-bond donors (Lipinski definition) is 0. The third kappa shape index (κ3) is 3.82. The average molecular weight is 289 g/mol. The molecule has 1 fully saturated rings. The molecule has 1 saturated heterocycles. The maximum atomic E-state index is 13.6. The van der Waals surface area contributed by atoms with Gasteiger partial charge in [0.1, 0.15) is 6.10 Å². The van der Waals surface area contributed by atoms with Crippen molar-refractivity contribution in [1.82, 2.24) is 14.7 Å². The number of ether oxygens (including phenoxy) is 1. The fourth-order valence-electron chi connectivity index (χ4n) is 2.65. The van der Waals surface area contributed by atoms with Crippen LogP contribution in [-0.4, -0.2) is 40.4 Å². The lowest BCUT2D eigenvalue weighted by molar-refractivity contribution is 0.0947. The number of nitrogens with zero attached hydrogens (tertiary/aromatic N) is 3. The third-order valence-corrected chi connectivity index (χ3v) is 3.87. The Labute approximate surface area is 124 Å². The molecule has 2 aromatic rings. The number of halogens is 1. The number of benzene rings is 1. The highest BCUT2D eigenvalue weighted by Gasteiger charge is 2.21. The zero-order valence-corrected chi connectivity index (χ0v) is 12.0. The summed E-state index contributed by atoms with van der Waals surface area (Å²) in [6.07, 6.45) is 5.77. The van der Waals surface area contributed by atoms with Crippen LogP contribution in [0, 0.1) is 5.82 Å². The molecule has 1 aliphatic rings. The molecule has 112 valence electrons. The Morgan fingerprint density at radius 3 is 2.67 bits per heavy atom. The van der Waals surface area contributed by atoms with Gasteiger partial charge < -0.3 is 9.64 Å². The highest BCUT2D eigenvalue weighted by atomic mass is 19.1. The van der Waals surface area contributed by atoms with Crippen LogP contribution in [0.3, 0.4) is 0 Å². The maximum Gasteiger partial charge on any atom is 0.165 e. The van der Waals surface area contributed by atoms with E-state index < -0.39 is 0 Å². The maximum absolute atomic E-state index is 13.6. The van der Waals surface area contributed by atoms with Crippen molar-refractivity contribution in [2.24, 2.45) is 0 Å². The van der Waals surface area contributed by atoms with Crippen LogP contribution in [0.4, 0.5) is 4.39 Å². The van der Waals surface area contributed by atoms with Gasteiger partial charge in [-0.25, -0.2) is 4.39 Å². The first kappa shape index (κ1) is 14.1. The molecule has 1 aromatic carbocycles. The zero-order valence-electron chi connectivity index (χ0n) is 12.0. The summed E-state index contributed by atoms with van der Waals surface area (Å²) in [6.45, 7) is 3.88. The van der Waals surface area contributed by atoms with Gasteiger partial charge in [0, 0.05) is 32.0 Å². The molecule has 1 aromatic heterocycles. The molecule has 3 rings (SSSR count). The molecule has 0 saturated carbocycles. The smallest absolute Gasteiger partial charge is 0.165 e. The molecule has 0 amide bonds. The second-order valence-corrected chi connectivity index (χ2v) is 5.36. The van der Waals surface area contributed by atoms with Gasteiger partial charge in [-0.15, -0.1) is 0 Å². The average Bonchev–Trinajstić information content (AvgIpc) is 3.02. The van der Waals surface area contributed by atoms with Gasteiger partial charge in [0.05, 0.1) is 6.54 Å². The third-order valence-electron chi connectivity index (χ3n) is 3.87. The lowest BCUT2D eigenvalue weighted by Crippen LogP contribution is -2.39. The van der Waals surface area contributed by atoms with Gasteiger partial charge >= 0.3 is 0 Å². The molecule has 1 aliphatic heterocycles. The molecule has 0 aliphatic carbocycles. The first-order chi connectivity index (χ1) is 10.3. The first-order valence-corrected chi connectivity index (χ1v) is 7.42. The summed E-state index contributed by atoms with van der Waals surface area (Å²) < 4.78 is 21.3. The van der Waals surface area contributed by atoms with Crippen molar-refractivity contribution in [3.8, 4) is 5.75 Å². The van der Waals surface area contributed by atoms with E-state index in [4.69, 9.17) is 4.74 Å². The Morgan fingerprint density at radius 2 is 1.95 bits per heavy atom. The van der Waals surface area contributed by atoms with E-state index in [1.54, 1.807) is 24.4 Å². The van der Waals surface area contributed by atoms with E-state index in [0.717, 1.165) is 39.0 Å². The Kier molecular flexibility index (Phi) is 4.50. The Bertz CT molecular complexity index is 550. The van der Waals surface area contributed by atoms with Crippen molar-refractivity contribution in [2.45, 2.75) is 25.5 Å². The van der Waals surface area contributed by atoms with Crippen LogP contribution in [-0.2, 0) is 6.54 Å². The molecule has 0 spiro atoms. The normalized spacial score (nSPS) is 17.0. The molecule has 5 heteroatoms. The molecule has 0 bridgehead atoms. The summed E-state index contributed by atoms with van der Waals surface area (Å²) >= 11 is 0. The van der Waals surface area contributed by atoms with E-state index in [1.807, 2.05) is 16.9 Å². The van der Waals surface area contributed by atoms with E-state index in [-0.39, 0.29) is 11.9 Å². The number of hydrogen-bond acceptors (Lipinski definition) is 3. The highest BCUT2D eigenvalue weighted by Crippen LogP contribution is 2.21. The number of para-hydroxylation sites is 1. The predicted octanol–water partition coefficient (Wildman–Crippen LogP) is 2.57. The van der Waals surface area contributed by atoms with Gasteiger partial charge in [-0.1, -0.05) is 12.1 Å². The van der Waals surface area contributed by atoms with E-state index in [1.165, 1.54) is 6.07 Å². The number of aromatic nitrogens is 2. The minimum atomic E-state index is -0.279. The Morgan fingerprint density at radius 1 is 1.14 bits per heavy atom. The van der Waals surface area contributed by atoms with Crippen LogP contribution in [0.2, 0.25) is 0 Å². The van der Waals surface area contributed by atoms with Gasteiger partial charge in [0.15, 0.2) is 11.6 Å². The van der Waals surface area contributed by atoms with Crippen LogP contribution < -0.4 is 4.74 Å². The second-order valence-electron chi connectivity index (χ2n) is 5.36. The monoisotopic (exact) mass is 289 g/mol. The van der Waals surface area contributed by atoms with E-state index in [2.05, 4.69) is 10.00 Å². The van der Waals surface area contributed by atoms with Crippen LogP contribution in [0.15, 0.2) is 42.7 Å². The first-order valence-electron chi connectivity index (χ1n) is 7.42. The molecular formula is C16H20FN3O. The summed E-state index contributed by atoms with van der Waals surface area (Å²) in [7, 11) is 0. The van der Waals surface area contributed by atoms with Crippen molar-refractivity contribution < 1.29 is 9.13 Å². The molecular weight excluding hydrogens is 269 g/mol. The molecule has 0 N–H and O–H groups in total. The SMILES string of the molecule is Fc1ccccc1OC1CCN(CCn2cccn2)CC1. The van der Waals surface area contributed by atoms with Crippen LogP contribution in [0.5, 0.6) is 5.75 Å². The summed E-state index contributed by atoms with van der Waals surface area (Å²) in [5, 5.41) is 4.20. The van der Waals surface area contributed by atoms with Crippen molar-refractivity contribution in [2.75, 3.05) is 19.6 Å². The number of rotatable bonds is 5. The van der Waals surface area contributed by atoms with Gasteiger partial charge in [-0.3, -0.25) is 4.68 Å². The fourth-order valence-corrected chi connectivity index (χ4v) is 2.65. The van der Waals surface area contributed by atoms with Gasteiger partial charge in [-0.05, 0) is 31.0 Å². The van der Waals surface area contributed by atoms with Gasteiger partial charge in [-0.2, -0.15) is 5.10 Å².